The van der Waals surface area contributed by atoms with E-state index in [0.29, 0.717) is 19.8 Å². The lowest BCUT2D eigenvalue weighted by Gasteiger charge is -2.11. The molecule has 0 aliphatic rings. The second-order valence-electron chi connectivity index (χ2n) is 3.23. The summed E-state index contributed by atoms with van der Waals surface area (Å²) in [7, 11) is 1.57. The SMILES string of the molecule is COCCOCCOC(=O)SC[C@H](C)C(=O)[O-]. The van der Waals surface area contributed by atoms with Gasteiger partial charge < -0.3 is 24.1 Å². The molecule has 0 aliphatic heterocycles. The molecule has 0 rings (SSSR count). The first kappa shape index (κ1) is 16.2. The van der Waals surface area contributed by atoms with Crippen LogP contribution < -0.4 is 5.11 Å². The summed E-state index contributed by atoms with van der Waals surface area (Å²) >= 11 is 0.819. The number of thioether (sulfide) groups is 1. The predicted molar refractivity (Wildman–Crippen MR) is 60.7 cm³/mol. The van der Waals surface area contributed by atoms with Gasteiger partial charge in [0.25, 0.3) is 0 Å². The van der Waals surface area contributed by atoms with E-state index in [1.807, 2.05) is 0 Å². The van der Waals surface area contributed by atoms with Gasteiger partial charge in [-0.2, -0.15) is 0 Å². The summed E-state index contributed by atoms with van der Waals surface area (Å²) in [6.45, 7) is 2.86. The molecule has 0 unspecified atom stereocenters. The molecule has 0 fully saturated rings. The van der Waals surface area contributed by atoms with Crippen LogP contribution in [-0.4, -0.2) is 50.6 Å². The van der Waals surface area contributed by atoms with Gasteiger partial charge in [0.1, 0.15) is 6.61 Å². The Morgan fingerprint density at radius 2 is 1.88 bits per heavy atom. The van der Waals surface area contributed by atoms with Crippen molar-refractivity contribution in [3.63, 3.8) is 0 Å². The number of aliphatic carboxylic acids is 1. The number of hydrogen-bond donors (Lipinski definition) is 0. The zero-order valence-electron chi connectivity index (χ0n) is 9.97. The minimum atomic E-state index is -1.17. The molecule has 0 aromatic carbocycles. The van der Waals surface area contributed by atoms with E-state index in [-0.39, 0.29) is 12.4 Å². The van der Waals surface area contributed by atoms with Crippen LogP contribution in [0, 0.1) is 5.92 Å². The summed E-state index contributed by atoms with van der Waals surface area (Å²) < 4.78 is 14.6. The third-order valence-electron chi connectivity index (χ3n) is 1.73. The van der Waals surface area contributed by atoms with E-state index in [4.69, 9.17) is 14.2 Å². The van der Waals surface area contributed by atoms with Crippen molar-refractivity contribution in [2.24, 2.45) is 5.92 Å². The van der Waals surface area contributed by atoms with E-state index >= 15 is 0 Å². The molecule has 0 radical (unpaired) electrons. The van der Waals surface area contributed by atoms with Crippen LogP contribution >= 0.6 is 11.8 Å². The Morgan fingerprint density at radius 3 is 2.47 bits per heavy atom. The first-order valence-corrected chi connectivity index (χ1v) is 6.13. The molecule has 100 valence electrons. The fourth-order valence-corrected chi connectivity index (χ4v) is 1.42. The average Bonchev–Trinajstić information content (AvgIpc) is 2.30. The second kappa shape index (κ2) is 10.4. The predicted octanol–water partition coefficient (Wildman–Crippen LogP) is -0.0948. The van der Waals surface area contributed by atoms with Crippen molar-refractivity contribution >= 4 is 23.0 Å². The van der Waals surface area contributed by atoms with Gasteiger partial charge in [0, 0.05) is 24.7 Å². The van der Waals surface area contributed by atoms with Gasteiger partial charge in [0.2, 0.25) is 0 Å². The molecular formula is C10H17O6S-. The van der Waals surface area contributed by atoms with Crippen molar-refractivity contribution in [3.05, 3.63) is 0 Å². The van der Waals surface area contributed by atoms with Crippen molar-refractivity contribution < 1.29 is 28.9 Å². The molecule has 0 N–H and O–H groups in total. The Hall–Kier alpha value is -0.790. The van der Waals surface area contributed by atoms with Crippen molar-refractivity contribution in [1.82, 2.24) is 0 Å². The number of carbonyl (C=O) groups is 2. The third-order valence-corrected chi connectivity index (χ3v) is 2.75. The maximum absolute atomic E-state index is 11.1. The van der Waals surface area contributed by atoms with Gasteiger partial charge in [0.05, 0.1) is 19.8 Å². The summed E-state index contributed by atoms with van der Waals surface area (Å²) in [6, 6.07) is 0. The van der Waals surface area contributed by atoms with Crippen LogP contribution in [0.5, 0.6) is 0 Å². The first-order valence-electron chi connectivity index (χ1n) is 5.15. The Morgan fingerprint density at radius 1 is 1.24 bits per heavy atom. The maximum Gasteiger partial charge on any atom is 0.367 e. The summed E-state index contributed by atoms with van der Waals surface area (Å²) in [6.07, 6.45) is 0. The molecule has 7 heteroatoms. The van der Waals surface area contributed by atoms with Crippen LogP contribution in [0.15, 0.2) is 0 Å². The van der Waals surface area contributed by atoms with Crippen LogP contribution in [0.4, 0.5) is 4.79 Å². The van der Waals surface area contributed by atoms with Crippen LogP contribution in [0.25, 0.3) is 0 Å². The van der Waals surface area contributed by atoms with Crippen molar-refractivity contribution in [1.29, 1.82) is 0 Å². The Balaban J connectivity index is 3.38. The number of carbonyl (C=O) groups excluding carboxylic acids is 2. The van der Waals surface area contributed by atoms with E-state index in [0.717, 1.165) is 11.8 Å². The Labute approximate surface area is 105 Å². The minimum absolute atomic E-state index is 0.145. The molecule has 0 aromatic heterocycles. The normalized spacial score (nSPS) is 12.1. The van der Waals surface area contributed by atoms with Crippen molar-refractivity contribution in [2.45, 2.75) is 6.92 Å². The van der Waals surface area contributed by atoms with E-state index in [1.165, 1.54) is 6.92 Å². The minimum Gasteiger partial charge on any atom is -0.550 e. The molecule has 0 saturated heterocycles. The summed E-state index contributed by atoms with van der Waals surface area (Å²) in [5.74, 6) is -1.70. The Bertz CT molecular complexity index is 233. The third kappa shape index (κ3) is 10.1. The lowest BCUT2D eigenvalue weighted by molar-refractivity contribution is -0.310. The highest BCUT2D eigenvalue weighted by atomic mass is 32.2. The van der Waals surface area contributed by atoms with E-state index < -0.39 is 17.2 Å². The molecule has 0 bridgehead atoms. The first-order chi connectivity index (χ1) is 8.07. The van der Waals surface area contributed by atoms with Gasteiger partial charge in [-0.05, 0) is 11.8 Å². The number of carboxylic acids is 1. The van der Waals surface area contributed by atoms with E-state index in [2.05, 4.69) is 0 Å². The smallest absolute Gasteiger partial charge is 0.367 e. The zero-order chi connectivity index (χ0) is 13.1. The highest BCUT2D eigenvalue weighted by molar-refractivity contribution is 8.13. The fourth-order valence-electron chi connectivity index (χ4n) is 0.731. The largest absolute Gasteiger partial charge is 0.550 e. The number of carboxylic acid groups (broad SMARTS) is 1. The molecule has 0 amide bonds. The van der Waals surface area contributed by atoms with Crippen LogP contribution in [0.2, 0.25) is 0 Å². The summed E-state index contributed by atoms with van der Waals surface area (Å²) in [4.78, 5) is 21.5. The molecule has 1 atom stereocenters. The van der Waals surface area contributed by atoms with Crippen molar-refractivity contribution in [3.8, 4) is 0 Å². The lowest BCUT2D eigenvalue weighted by Crippen LogP contribution is -2.31. The van der Waals surface area contributed by atoms with Crippen molar-refractivity contribution in [2.75, 3.05) is 39.3 Å². The number of hydrogen-bond acceptors (Lipinski definition) is 7. The second-order valence-corrected chi connectivity index (χ2v) is 4.19. The van der Waals surface area contributed by atoms with E-state index in [9.17, 15) is 14.7 Å². The van der Waals surface area contributed by atoms with Gasteiger partial charge in [-0.3, -0.25) is 0 Å². The van der Waals surface area contributed by atoms with Crippen LogP contribution in [-0.2, 0) is 19.0 Å². The number of rotatable bonds is 9. The molecule has 0 saturated carbocycles. The van der Waals surface area contributed by atoms with Crippen LogP contribution in [0.1, 0.15) is 6.92 Å². The van der Waals surface area contributed by atoms with E-state index in [1.54, 1.807) is 7.11 Å². The van der Waals surface area contributed by atoms with Gasteiger partial charge in [-0.1, -0.05) is 6.92 Å². The maximum atomic E-state index is 11.1. The molecule has 0 spiro atoms. The molecule has 17 heavy (non-hydrogen) atoms. The lowest BCUT2D eigenvalue weighted by atomic mass is 10.2. The molecule has 0 aromatic rings. The highest BCUT2D eigenvalue weighted by Crippen LogP contribution is 2.10. The molecular weight excluding hydrogens is 248 g/mol. The molecule has 0 heterocycles. The number of ether oxygens (including phenoxy) is 3. The topological polar surface area (TPSA) is 84.9 Å². The molecule has 6 nitrogen and oxygen atoms in total. The standard InChI is InChI=1S/C10H18O6S/c1-8(9(11)12)7-17-10(13)16-6-5-15-4-3-14-2/h8H,3-7H2,1-2H3,(H,11,12)/p-1/t8-/m0/s1. The van der Waals surface area contributed by atoms with Gasteiger partial charge in [0.15, 0.2) is 0 Å². The quantitative estimate of drug-likeness (QED) is 0.425. The Kier molecular flexibility index (Phi) is 9.89. The van der Waals surface area contributed by atoms with Gasteiger partial charge in [-0.15, -0.1) is 0 Å². The zero-order valence-corrected chi connectivity index (χ0v) is 10.8. The highest BCUT2D eigenvalue weighted by Gasteiger charge is 2.08. The number of methoxy groups -OCH3 is 1. The monoisotopic (exact) mass is 265 g/mol. The molecule has 0 aliphatic carbocycles. The van der Waals surface area contributed by atoms with Gasteiger partial charge >= 0.3 is 5.30 Å². The summed E-state index contributed by atoms with van der Waals surface area (Å²) in [5.41, 5.74) is 0. The van der Waals surface area contributed by atoms with Crippen LogP contribution in [0.3, 0.4) is 0 Å². The van der Waals surface area contributed by atoms with Gasteiger partial charge in [-0.25, -0.2) is 4.79 Å². The average molecular weight is 265 g/mol. The fraction of sp³-hybridized carbons (Fsp3) is 0.800. The summed E-state index contributed by atoms with van der Waals surface area (Å²) in [5, 5.41) is 9.86.